The number of aromatic nitrogens is 1. The van der Waals surface area contributed by atoms with Crippen molar-refractivity contribution in [3.63, 3.8) is 0 Å². The van der Waals surface area contributed by atoms with Crippen LogP contribution >= 0.6 is 11.3 Å². The van der Waals surface area contributed by atoms with Crippen molar-refractivity contribution in [2.75, 3.05) is 37.4 Å². The quantitative estimate of drug-likeness (QED) is 0.703. The first kappa shape index (κ1) is 17.2. The number of likely N-dealkylation sites (tertiary alicyclic amines) is 1. The van der Waals surface area contributed by atoms with Crippen LogP contribution in [0.5, 0.6) is 0 Å². The largest absolute Gasteiger partial charge is 0.378 e. The molecule has 0 aromatic carbocycles. The van der Waals surface area contributed by atoms with Gasteiger partial charge in [0.25, 0.3) is 0 Å². The highest BCUT2D eigenvalue weighted by Crippen LogP contribution is 2.38. The molecular weight excluding hydrogens is 338 g/mol. The van der Waals surface area contributed by atoms with Crippen LogP contribution in [0.4, 0.5) is 10.9 Å². The van der Waals surface area contributed by atoms with Gasteiger partial charge < -0.3 is 21.1 Å². The van der Waals surface area contributed by atoms with Crippen molar-refractivity contribution in [1.29, 1.82) is 0 Å². The molecule has 0 bridgehead atoms. The Labute approximate surface area is 152 Å². The molecule has 3 aliphatic rings. The highest BCUT2D eigenvalue weighted by atomic mass is 32.1. The van der Waals surface area contributed by atoms with Gasteiger partial charge in [-0.15, -0.1) is 0 Å². The molecule has 4 N–H and O–H groups in total. The molecule has 1 unspecified atom stereocenters. The lowest BCUT2D eigenvalue weighted by Crippen LogP contribution is -2.34. The second kappa shape index (κ2) is 7.19. The third kappa shape index (κ3) is 4.13. The van der Waals surface area contributed by atoms with Crippen LogP contribution in [0, 0.1) is 5.92 Å². The van der Waals surface area contributed by atoms with Gasteiger partial charge in [-0.25, -0.2) is 4.98 Å². The molecule has 2 fully saturated rings. The summed E-state index contributed by atoms with van der Waals surface area (Å²) in [5, 5.41) is 7.20. The predicted molar refractivity (Wildman–Crippen MR) is 99.0 cm³/mol. The Kier molecular flexibility index (Phi) is 4.95. The molecule has 1 saturated heterocycles. The van der Waals surface area contributed by atoms with Crippen LogP contribution in [0.25, 0.3) is 0 Å². The number of nitrogens with one attached hydrogen (secondary N) is 2. The summed E-state index contributed by atoms with van der Waals surface area (Å²) in [6.07, 6.45) is 6.26. The zero-order chi connectivity index (χ0) is 17.4. The first-order valence-corrected chi connectivity index (χ1v) is 9.99. The van der Waals surface area contributed by atoms with Gasteiger partial charge in [0.05, 0.1) is 17.5 Å². The average molecular weight is 366 g/mol. The van der Waals surface area contributed by atoms with Crippen molar-refractivity contribution in [3.05, 3.63) is 4.88 Å². The Hall–Kier alpha value is -1.22. The minimum absolute atomic E-state index is 0.00702. The minimum atomic E-state index is -0.0374. The fourth-order valence-corrected chi connectivity index (χ4v) is 4.77. The second-order valence-corrected chi connectivity index (χ2v) is 8.61. The smallest absolute Gasteiger partial charge is 0.240 e. The first-order valence-electron chi connectivity index (χ1n) is 9.17. The number of methoxy groups -OCH3 is 1. The van der Waals surface area contributed by atoms with Crippen molar-refractivity contribution in [2.24, 2.45) is 11.7 Å². The average Bonchev–Trinajstić information content (AvgIpc) is 3.18. The third-order valence-electron chi connectivity index (χ3n) is 5.37. The zero-order valence-corrected chi connectivity index (χ0v) is 15.5. The molecule has 0 radical (unpaired) electrons. The van der Waals surface area contributed by atoms with Crippen molar-refractivity contribution < 1.29 is 9.53 Å². The second-order valence-electron chi connectivity index (χ2n) is 7.53. The van der Waals surface area contributed by atoms with E-state index in [1.54, 1.807) is 18.4 Å². The topological polar surface area (TPSA) is 92.5 Å². The van der Waals surface area contributed by atoms with Crippen LogP contribution in [0.2, 0.25) is 0 Å². The number of fused-ring (bicyclic) bond motifs is 1. The summed E-state index contributed by atoms with van der Waals surface area (Å²) in [5.74, 6) is 1.85. The van der Waals surface area contributed by atoms with Gasteiger partial charge >= 0.3 is 0 Å². The Balaban J connectivity index is 1.30. The number of nitrogens with two attached hydrogens (primary N) is 1. The van der Waals surface area contributed by atoms with E-state index in [1.807, 2.05) is 4.90 Å². The van der Waals surface area contributed by atoms with Gasteiger partial charge in [0.15, 0.2) is 5.13 Å². The number of hydrogen-bond donors (Lipinski definition) is 3. The SMILES string of the molecule is CO[C@H]1CN(CC(=O)Nc2nc3c(s2)CCC(CC2CC2)N3)C[C@@H]1N. The molecule has 4 rings (SSSR count). The molecule has 8 heteroatoms. The number of carbonyl (C=O) groups excluding carboxylic acids is 1. The van der Waals surface area contributed by atoms with E-state index in [-0.39, 0.29) is 18.1 Å². The van der Waals surface area contributed by atoms with Crippen molar-refractivity contribution in [3.8, 4) is 0 Å². The maximum atomic E-state index is 12.3. The number of rotatable bonds is 6. The third-order valence-corrected chi connectivity index (χ3v) is 6.40. The van der Waals surface area contributed by atoms with Crippen LogP contribution in [0.1, 0.15) is 30.6 Å². The highest BCUT2D eigenvalue weighted by molar-refractivity contribution is 7.16. The van der Waals surface area contributed by atoms with E-state index in [2.05, 4.69) is 15.6 Å². The normalized spacial score (nSPS) is 29.3. The standard InChI is InChI=1S/C17H27N5O2S/c1-24-13-8-22(7-12(13)18)9-15(23)20-17-21-16-14(25-17)5-4-11(19-16)6-10-2-3-10/h10-13,19H,2-9,18H2,1H3,(H,20,21,23)/t11?,12-,13-/m0/s1. The van der Waals surface area contributed by atoms with Gasteiger partial charge in [-0.3, -0.25) is 9.69 Å². The monoisotopic (exact) mass is 365 g/mol. The van der Waals surface area contributed by atoms with Crippen LogP contribution < -0.4 is 16.4 Å². The summed E-state index contributed by atoms with van der Waals surface area (Å²) >= 11 is 1.59. The Morgan fingerprint density at radius 3 is 3.00 bits per heavy atom. The summed E-state index contributed by atoms with van der Waals surface area (Å²) in [7, 11) is 1.66. The zero-order valence-electron chi connectivity index (χ0n) is 14.7. The molecule has 3 atom stereocenters. The van der Waals surface area contributed by atoms with E-state index in [0.717, 1.165) is 18.2 Å². The lowest BCUT2D eigenvalue weighted by molar-refractivity contribution is -0.117. The lowest BCUT2D eigenvalue weighted by Gasteiger charge is -2.23. The number of anilines is 2. The fourth-order valence-electron chi connectivity index (χ4n) is 3.81. The molecule has 2 aliphatic heterocycles. The Morgan fingerprint density at radius 2 is 2.28 bits per heavy atom. The number of amides is 1. The molecule has 1 aromatic heterocycles. The molecule has 1 saturated carbocycles. The summed E-state index contributed by atoms with van der Waals surface area (Å²) in [5.41, 5.74) is 6.01. The van der Waals surface area contributed by atoms with E-state index in [1.165, 1.54) is 30.6 Å². The van der Waals surface area contributed by atoms with Crippen molar-refractivity contribution >= 4 is 28.2 Å². The molecule has 1 amide bonds. The summed E-state index contributed by atoms with van der Waals surface area (Å²) in [6, 6.07) is 0.514. The number of carbonyl (C=O) groups is 1. The van der Waals surface area contributed by atoms with Crippen molar-refractivity contribution in [1.82, 2.24) is 9.88 Å². The molecule has 1 aliphatic carbocycles. The number of aryl methyl sites for hydroxylation is 1. The van der Waals surface area contributed by atoms with Crippen LogP contribution in [0.3, 0.4) is 0 Å². The minimum Gasteiger partial charge on any atom is -0.378 e. The van der Waals surface area contributed by atoms with E-state index in [9.17, 15) is 4.79 Å². The van der Waals surface area contributed by atoms with Gasteiger partial charge in [-0.1, -0.05) is 24.2 Å². The fraction of sp³-hybridized carbons (Fsp3) is 0.765. The maximum Gasteiger partial charge on any atom is 0.240 e. The number of thiazole rings is 1. The van der Waals surface area contributed by atoms with Crippen LogP contribution in [-0.4, -0.2) is 60.7 Å². The molecule has 138 valence electrons. The number of hydrogen-bond acceptors (Lipinski definition) is 7. The number of ether oxygens (including phenoxy) is 1. The van der Waals surface area contributed by atoms with Crippen molar-refractivity contribution in [2.45, 2.75) is 50.3 Å². The van der Waals surface area contributed by atoms with Crippen LogP contribution in [-0.2, 0) is 16.0 Å². The van der Waals surface area contributed by atoms with E-state index in [0.29, 0.717) is 30.8 Å². The predicted octanol–water partition coefficient (Wildman–Crippen LogP) is 1.27. The van der Waals surface area contributed by atoms with Gasteiger partial charge in [-0.2, -0.15) is 0 Å². The summed E-state index contributed by atoms with van der Waals surface area (Å²) in [4.78, 5) is 20.2. The van der Waals surface area contributed by atoms with E-state index < -0.39 is 0 Å². The summed E-state index contributed by atoms with van der Waals surface area (Å²) < 4.78 is 5.33. The van der Waals surface area contributed by atoms with Crippen LogP contribution in [0.15, 0.2) is 0 Å². The molecule has 0 spiro atoms. The molecule has 25 heavy (non-hydrogen) atoms. The Morgan fingerprint density at radius 1 is 1.44 bits per heavy atom. The molecular formula is C17H27N5O2S. The van der Waals surface area contributed by atoms with E-state index in [4.69, 9.17) is 10.5 Å². The molecule has 7 nitrogen and oxygen atoms in total. The molecule has 3 heterocycles. The summed E-state index contributed by atoms with van der Waals surface area (Å²) in [6.45, 7) is 1.71. The van der Waals surface area contributed by atoms with E-state index >= 15 is 0 Å². The first-order chi connectivity index (χ1) is 12.1. The molecule has 1 aromatic rings. The highest BCUT2D eigenvalue weighted by Gasteiger charge is 2.32. The van der Waals surface area contributed by atoms with Gasteiger partial charge in [-0.05, 0) is 25.2 Å². The number of nitrogens with zero attached hydrogens (tertiary/aromatic N) is 2. The van der Waals surface area contributed by atoms with Gasteiger partial charge in [0.1, 0.15) is 5.82 Å². The maximum absolute atomic E-state index is 12.3. The van der Waals surface area contributed by atoms with Gasteiger partial charge in [0, 0.05) is 32.3 Å². The Bertz CT molecular complexity index is 633. The van der Waals surface area contributed by atoms with Gasteiger partial charge in [0.2, 0.25) is 5.91 Å². The lowest BCUT2D eigenvalue weighted by atomic mass is 10.0.